The second kappa shape index (κ2) is 8.53. The van der Waals surface area contributed by atoms with Crippen LogP contribution in [0.3, 0.4) is 0 Å². The summed E-state index contributed by atoms with van der Waals surface area (Å²) in [6.07, 6.45) is 3.09. The second-order valence-corrected chi connectivity index (χ2v) is 7.74. The molecule has 0 spiro atoms. The molecule has 1 saturated heterocycles. The van der Waals surface area contributed by atoms with E-state index in [2.05, 4.69) is 9.88 Å². The topological polar surface area (TPSA) is 85.5 Å². The molecule has 1 aliphatic rings. The maximum Gasteiger partial charge on any atom is 0.338 e. The van der Waals surface area contributed by atoms with Gasteiger partial charge < -0.3 is 15.4 Å². The van der Waals surface area contributed by atoms with E-state index in [0.29, 0.717) is 12.1 Å². The number of amides is 1. The molecule has 0 bridgehead atoms. The monoisotopic (exact) mass is 403 g/mol. The first-order chi connectivity index (χ1) is 14.5. The fourth-order valence-corrected chi connectivity index (χ4v) is 3.86. The predicted octanol–water partition coefficient (Wildman–Crippen LogP) is 3.85. The van der Waals surface area contributed by atoms with E-state index in [0.717, 1.165) is 41.5 Å². The molecular weight excluding hydrogens is 378 g/mol. The number of hydrogen-bond acceptors (Lipinski definition) is 5. The van der Waals surface area contributed by atoms with Crippen LogP contribution in [-0.2, 0) is 9.53 Å². The summed E-state index contributed by atoms with van der Waals surface area (Å²) in [6, 6.07) is 17.1. The first-order valence-electron chi connectivity index (χ1n) is 10.2. The average Bonchev–Trinajstić information content (AvgIpc) is 2.78. The molecular formula is C24H25N3O3. The van der Waals surface area contributed by atoms with Gasteiger partial charge in [-0.25, -0.2) is 4.79 Å². The number of rotatable bonds is 5. The molecule has 2 heterocycles. The summed E-state index contributed by atoms with van der Waals surface area (Å²) in [7, 11) is 0. The number of esters is 1. The van der Waals surface area contributed by atoms with E-state index in [1.807, 2.05) is 49.4 Å². The molecule has 1 aliphatic heterocycles. The molecule has 1 aromatic heterocycles. The number of nitrogens with zero attached hydrogens (tertiary/aromatic N) is 2. The zero-order valence-corrected chi connectivity index (χ0v) is 17.0. The molecule has 2 atom stereocenters. The van der Waals surface area contributed by atoms with Gasteiger partial charge in [-0.15, -0.1) is 0 Å². The fourth-order valence-electron chi connectivity index (χ4n) is 3.86. The summed E-state index contributed by atoms with van der Waals surface area (Å²) in [5.74, 6) is -0.757. The minimum absolute atomic E-state index is 0.125. The maximum atomic E-state index is 12.6. The van der Waals surface area contributed by atoms with Crippen LogP contribution in [0.4, 0.5) is 5.69 Å². The second-order valence-electron chi connectivity index (χ2n) is 7.74. The van der Waals surface area contributed by atoms with Crippen LogP contribution in [0.15, 0.2) is 60.8 Å². The molecule has 0 saturated carbocycles. The summed E-state index contributed by atoms with van der Waals surface area (Å²) in [6.45, 7) is 3.33. The number of aromatic nitrogens is 1. The lowest BCUT2D eigenvalue weighted by Crippen LogP contribution is -2.41. The van der Waals surface area contributed by atoms with Crippen LogP contribution in [0.5, 0.6) is 0 Å². The van der Waals surface area contributed by atoms with Crippen LogP contribution in [-0.4, -0.2) is 29.9 Å². The third kappa shape index (κ3) is 4.27. The quantitative estimate of drug-likeness (QED) is 0.654. The lowest BCUT2D eigenvalue weighted by Gasteiger charge is -2.33. The number of fused-ring (bicyclic) bond motifs is 1. The van der Waals surface area contributed by atoms with E-state index in [4.69, 9.17) is 10.5 Å². The summed E-state index contributed by atoms with van der Waals surface area (Å²) in [5, 5.41) is 1.01. The van der Waals surface area contributed by atoms with E-state index in [1.54, 1.807) is 18.3 Å². The van der Waals surface area contributed by atoms with Crippen molar-refractivity contribution in [3.05, 3.63) is 71.9 Å². The molecule has 1 amide bonds. The van der Waals surface area contributed by atoms with Crippen molar-refractivity contribution >= 4 is 28.5 Å². The lowest BCUT2D eigenvalue weighted by molar-refractivity contribution is -0.122. The zero-order chi connectivity index (χ0) is 21.1. The number of benzene rings is 2. The highest BCUT2D eigenvalue weighted by atomic mass is 16.5. The molecule has 0 aliphatic carbocycles. The van der Waals surface area contributed by atoms with E-state index in [1.165, 1.54) is 0 Å². The molecule has 154 valence electrons. The van der Waals surface area contributed by atoms with Crippen molar-refractivity contribution in [3.8, 4) is 0 Å². The number of carbonyl (C=O) groups is 2. The minimum Gasteiger partial charge on any atom is -0.454 e. The van der Waals surface area contributed by atoms with Gasteiger partial charge in [0.05, 0.1) is 17.0 Å². The van der Waals surface area contributed by atoms with E-state index in [9.17, 15) is 9.59 Å². The lowest BCUT2D eigenvalue weighted by atomic mass is 9.97. The van der Waals surface area contributed by atoms with Crippen molar-refractivity contribution in [2.75, 3.05) is 18.0 Å². The smallest absolute Gasteiger partial charge is 0.338 e. The summed E-state index contributed by atoms with van der Waals surface area (Å²) < 4.78 is 5.65. The zero-order valence-electron chi connectivity index (χ0n) is 17.0. The van der Waals surface area contributed by atoms with Gasteiger partial charge in [-0.2, -0.15) is 0 Å². The summed E-state index contributed by atoms with van der Waals surface area (Å²) >= 11 is 0. The van der Waals surface area contributed by atoms with Crippen LogP contribution in [0, 0.1) is 5.92 Å². The normalized spacial score (nSPS) is 17.5. The highest BCUT2D eigenvalue weighted by Gasteiger charge is 2.24. The Morgan fingerprint density at radius 3 is 2.70 bits per heavy atom. The molecule has 3 aromatic rings. The summed E-state index contributed by atoms with van der Waals surface area (Å²) in [5.41, 5.74) is 8.69. The number of pyridine rings is 1. The van der Waals surface area contributed by atoms with Gasteiger partial charge >= 0.3 is 5.97 Å². The van der Waals surface area contributed by atoms with Crippen LogP contribution < -0.4 is 10.6 Å². The highest BCUT2D eigenvalue weighted by Crippen LogP contribution is 2.25. The Morgan fingerprint density at radius 1 is 1.17 bits per heavy atom. The van der Waals surface area contributed by atoms with Gasteiger partial charge in [0.1, 0.15) is 6.10 Å². The van der Waals surface area contributed by atoms with Crippen LogP contribution in [0.25, 0.3) is 10.9 Å². The molecule has 2 N–H and O–H groups in total. The van der Waals surface area contributed by atoms with Gasteiger partial charge in [0, 0.05) is 35.9 Å². The number of hydrogen-bond donors (Lipinski definition) is 1. The van der Waals surface area contributed by atoms with Crippen molar-refractivity contribution in [2.45, 2.75) is 25.9 Å². The minimum atomic E-state index is -0.410. The van der Waals surface area contributed by atoms with E-state index < -0.39 is 6.10 Å². The van der Waals surface area contributed by atoms with Crippen molar-refractivity contribution in [1.29, 1.82) is 0 Å². The maximum absolute atomic E-state index is 12.6. The molecule has 0 unspecified atom stereocenters. The third-order valence-corrected chi connectivity index (χ3v) is 5.66. The number of nitrogens with two attached hydrogens (primary N) is 1. The van der Waals surface area contributed by atoms with Crippen LogP contribution in [0.2, 0.25) is 0 Å². The predicted molar refractivity (Wildman–Crippen MR) is 116 cm³/mol. The number of carbonyl (C=O) groups excluding carboxylic acids is 2. The van der Waals surface area contributed by atoms with E-state index >= 15 is 0 Å². The SMILES string of the molecule is C[C@@H](OC(=O)c1ccc(N2CCC[C@H](C(N)=O)C2)cc1)c1cnc2ccccc2c1. The summed E-state index contributed by atoms with van der Waals surface area (Å²) in [4.78, 5) is 30.7. The third-order valence-electron chi connectivity index (χ3n) is 5.66. The fraction of sp³-hybridized carbons (Fsp3) is 0.292. The van der Waals surface area contributed by atoms with Gasteiger partial charge in [0.15, 0.2) is 0 Å². The Balaban J connectivity index is 1.42. The van der Waals surface area contributed by atoms with Gasteiger partial charge in [-0.05, 0) is 56.2 Å². The molecule has 0 radical (unpaired) electrons. The molecule has 30 heavy (non-hydrogen) atoms. The number of piperidine rings is 1. The highest BCUT2D eigenvalue weighted by molar-refractivity contribution is 5.90. The van der Waals surface area contributed by atoms with Gasteiger partial charge in [-0.1, -0.05) is 18.2 Å². The number of ether oxygens (including phenoxy) is 1. The first kappa shape index (κ1) is 19.9. The molecule has 6 heteroatoms. The number of para-hydroxylation sites is 1. The Morgan fingerprint density at radius 2 is 1.93 bits per heavy atom. The average molecular weight is 403 g/mol. The molecule has 1 fully saturated rings. The Kier molecular flexibility index (Phi) is 5.65. The van der Waals surface area contributed by atoms with Crippen molar-refractivity contribution in [1.82, 2.24) is 4.98 Å². The largest absolute Gasteiger partial charge is 0.454 e. The molecule has 2 aromatic carbocycles. The number of anilines is 1. The Bertz CT molecular complexity index is 1060. The molecule has 6 nitrogen and oxygen atoms in total. The standard InChI is InChI=1S/C24H25N3O3/c1-16(20-13-18-5-2-3-7-22(18)26-14-20)30-24(29)17-8-10-21(11-9-17)27-12-4-6-19(15-27)23(25)28/h2-3,5,7-11,13-14,16,19H,4,6,12,15H2,1H3,(H2,25,28)/t16-,19+/m1/s1. The Hall–Kier alpha value is -3.41. The van der Waals surface area contributed by atoms with Gasteiger partial charge in [0.25, 0.3) is 0 Å². The van der Waals surface area contributed by atoms with Gasteiger partial charge in [0.2, 0.25) is 5.91 Å². The van der Waals surface area contributed by atoms with Crippen LogP contribution >= 0.6 is 0 Å². The Labute approximate surface area is 175 Å². The van der Waals surface area contributed by atoms with Crippen molar-refractivity contribution in [3.63, 3.8) is 0 Å². The van der Waals surface area contributed by atoms with Crippen molar-refractivity contribution < 1.29 is 14.3 Å². The van der Waals surface area contributed by atoms with Gasteiger partial charge in [-0.3, -0.25) is 9.78 Å². The van der Waals surface area contributed by atoms with E-state index in [-0.39, 0.29) is 17.8 Å². The van der Waals surface area contributed by atoms with Crippen LogP contribution in [0.1, 0.15) is 41.8 Å². The first-order valence-corrected chi connectivity index (χ1v) is 10.2. The molecule has 4 rings (SSSR count). The van der Waals surface area contributed by atoms with Crippen molar-refractivity contribution in [2.24, 2.45) is 11.7 Å². The number of primary amides is 1.